The van der Waals surface area contributed by atoms with Crippen molar-refractivity contribution in [3.63, 3.8) is 0 Å². The number of benzene rings is 1. The van der Waals surface area contributed by atoms with E-state index in [2.05, 4.69) is 20.5 Å². The Balaban J connectivity index is 1.65. The monoisotopic (exact) mass is 530 g/mol. The molecule has 14 heteroatoms. The molecule has 3 aromatic heterocycles. The first-order valence-electron chi connectivity index (χ1n) is 10.3. The van der Waals surface area contributed by atoms with Crippen LogP contribution in [0.3, 0.4) is 0 Å². The number of carbonyl (C=O) groups excluding carboxylic acids is 1. The first kappa shape index (κ1) is 25.5. The fourth-order valence-electron chi connectivity index (χ4n) is 3.68. The second kappa shape index (κ2) is 8.80. The van der Waals surface area contributed by atoms with Gasteiger partial charge in [-0.25, -0.2) is 9.50 Å². The molecule has 36 heavy (non-hydrogen) atoms. The largest absolute Gasteiger partial charge is 0.433 e. The summed E-state index contributed by atoms with van der Waals surface area (Å²) in [6, 6.07) is 5.52. The van der Waals surface area contributed by atoms with E-state index < -0.39 is 35.2 Å². The SMILES string of the molecule is Cc1cc(C(F)(F)F)n2nc(C(=O)Nc3c(C)nn(Cc4cccc(C(F)(F)F)c4)c3C)c(Cl)c2n1. The van der Waals surface area contributed by atoms with Crippen molar-refractivity contribution >= 4 is 28.8 Å². The van der Waals surface area contributed by atoms with Gasteiger partial charge in [0, 0.05) is 5.69 Å². The van der Waals surface area contributed by atoms with Crippen LogP contribution in [0.4, 0.5) is 32.0 Å². The normalized spacial score (nSPS) is 12.4. The summed E-state index contributed by atoms with van der Waals surface area (Å²) in [7, 11) is 0. The van der Waals surface area contributed by atoms with Gasteiger partial charge >= 0.3 is 12.4 Å². The highest BCUT2D eigenvalue weighted by Crippen LogP contribution is 2.33. The number of aromatic nitrogens is 5. The minimum Gasteiger partial charge on any atom is -0.317 e. The minimum absolute atomic E-state index is 0.0142. The van der Waals surface area contributed by atoms with Crippen LogP contribution in [0.5, 0.6) is 0 Å². The number of alkyl halides is 6. The molecule has 3 heterocycles. The molecule has 7 nitrogen and oxygen atoms in total. The van der Waals surface area contributed by atoms with Crippen LogP contribution < -0.4 is 5.32 Å². The van der Waals surface area contributed by atoms with Gasteiger partial charge in [0.1, 0.15) is 10.7 Å². The van der Waals surface area contributed by atoms with E-state index in [9.17, 15) is 31.1 Å². The third kappa shape index (κ3) is 4.74. The molecule has 0 bridgehead atoms. The van der Waals surface area contributed by atoms with Crippen molar-refractivity contribution < 1.29 is 31.1 Å². The molecule has 0 spiro atoms. The number of aryl methyl sites for hydroxylation is 2. The minimum atomic E-state index is -4.77. The van der Waals surface area contributed by atoms with E-state index in [1.807, 2.05) is 0 Å². The zero-order valence-electron chi connectivity index (χ0n) is 18.9. The molecule has 0 unspecified atom stereocenters. The number of nitrogens with one attached hydrogen (secondary N) is 1. The van der Waals surface area contributed by atoms with Gasteiger partial charge in [0.15, 0.2) is 11.3 Å². The summed E-state index contributed by atoms with van der Waals surface area (Å²) in [6.45, 7) is 4.48. The van der Waals surface area contributed by atoms with Crippen LogP contribution in [0.25, 0.3) is 5.65 Å². The maximum atomic E-state index is 13.5. The Morgan fingerprint density at radius 2 is 1.72 bits per heavy atom. The smallest absolute Gasteiger partial charge is 0.317 e. The molecular formula is C22H17ClF6N6O. The maximum Gasteiger partial charge on any atom is 0.433 e. The highest BCUT2D eigenvalue weighted by atomic mass is 35.5. The number of anilines is 1. The molecule has 4 aromatic rings. The molecule has 1 amide bonds. The topological polar surface area (TPSA) is 77.1 Å². The van der Waals surface area contributed by atoms with E-state index in [0.29, 0.717) is 21.5 Å². The van der Waals surface area contributed by atoms with Crippen LogP contribution >= 0.6 is 11.6 Å². The van der Waals surface area contributed by atoms with Gasteiger partial charge < -0.3 is 5.32 Å². The summed E-state index contributed by atoms with van der Waals surface area (Å²) < 4.78 is 81.3. The third-order valence-corrected chi connectivity index (χ3v) is 5.72. The van der Waals surface area contributed by atoms with Crippen LogP contribution in [0, 0.1) is 20.8 Å². The molecule has 0 fully saturated rings. The summed E-state index contributed by atoms with van der Waals surface area (Å²) in [5.74, 6) is -0.902. The van der Waals surface area contributed by atoms with Crippen molar-refractivity contribution in [3.05, 3.63) is 75.0 Å². The molecule has 1 aromatic carbocycles. The number of hydrogen-bond acceptors (Lipinski definition) is 4. The van der Waals surface area contributed by atoms with Crippen LogP contribution in [-0.2, 0) is 18.9 Å². The average molecular weight is 531 g/mol. The van der Waals surface area contributed by atoms with Gasteiger partial charge in [-0.15, -0.1) is 0 Å². The molecule has 0 atom stereocenters. The van der Waals surface area contributed by atoms with E-state index in [4.69, 9.17) is 11.6 Å². The van der Waals surface area contributed by atoms with Gasteiger partial charge in [-0.05, 0) is 44.5 Å². The predicted octanol–water partition coefficient (Wildman–Crippen LogP) is 5.84. The average Bonchev–Trinajstić information content (AvgIpc) is 3.23. The highest BCUT2D eigenvalue weighted by Gasteiger charge is 2.36. The summed E-state index contributed by atoms with van der Waals surface area (Å²) in [6.07, 6.45) is -9.27. The molecule has 4 rings (SSSR count). The lowest BCUT2D eigenvalue weighted by atomic mass is 10.1. The van der Waals surface area contributed by atoms with Crippen molar-refractivity contribution in [1.29, 1.82) is 0 Å². The van der Waals surface area contributed by atoms with Crippen LogP contribution in [0.2, 0.25) is 5.02 Å². The number of carbonyl (C=O) groups is 1. The van der Waals surface area contributed by atoms with Crippen LogP contribution in [0.1, 0.15) is 44.4 Å². The molecule has 0 aliphatic heterocycles. The summed E-state index contributed by atoms with van der Waals surface area (Å²) in [4.78, 5) is 16.9. The van der Waals surface area contributed by atoms with Gasteiger partial charge in [-0.2, -0.15) is 36.5 Å². The Kier molecular flexibility index (Phi) is 6.23. The second-order valence-corrected chi connectivity index (χ2v) is 8.41. The van der Waals surface area contributed by atoms with Crippen molar-refractivity contribution in [2.75, 3.05) is 5.32 Å². The van der Waals surface area contributed by atoms with Crippen LogP contribution in [0.15, 0.2) is 30.3 Å². The lowest BCUT2D eigenvalue weighted by molar-refractivity contribution is -0.142. The van der Waals surface area contributed by atoms with Gasteiger partial charge in [0.2, 0.25) is 0 Å². The van der Waals surface area contributed by atoms with Gasteiger partial charge in [-0.1, -0.05) is 23.7 Å². The van der Waals surface area contributed by atoms with Gasteiger partial charge in [0.25, 0.3) is 5.91 Å². The quantitative estimate of drug-likeness (QED) is 0.336. The zero-order chi connectivity index (χ0) is 26.6. The van der Waals surface area contributed by atoms with Gasteiger partial charge in [0.05, 0.1) is 29.2 Å². The molecule has 190 valence electrons. The molecule has 0 aliphatic rings. The first-order chi connectivity index (χ1) is 16.7. The van der Waals surface area contributed by atoms with Crippen molar-refractivity contribution in [2.45, 2.75) is 39.7 Å². The Morgan fingerprint density at radius 3 is 2.36 bits per heavy atom. The molecule has 0 saturated heterocycles. The number of fused-ring (bicyclic) bond motifs is 1. The van der Waals surface area contributed by atoms with Crippen LogP contribution in [-0.4, -0.2) is 30.3 Å². The summed E-state index contributed by atoms with van der Waals surface area (Å²) in [5.41, 5.74) is -1.44. The third-order valence-electron chi connectivity index (χ3n) is 5.37. The number of halogens is 7. The molecule has 0 radical (unpaired) electrons. The molecule has 1 N–H and O–H groups in total. The van der Waals surface area contributed by atoms with Gasteiger partial charge in [-0.3, -0.25) is 9.48 Å². The maximum absolute atomic E-state index is 13.5. The van der Waals surface area contributed by atoms with E-state index >= 15 is 0 Å². The first-order valence-corrected chi connectivity index (χ1v) is 10.7. The Morgan fingerprint density at radius 1 is 1.03 bits per heavy atom. The van der Waals surface area contributed by atoms with Crippen molar-refractivity contribution in [1.82, 2.24) is 24.4 Å². The number of nitrogens with zero attached hydrogens (tertiary/aromatic N) is 5. The van der Waals surface area contributed by atoms with Crippen molar-refractivity contribution in [2.24, 2.45) is 0 Å². The van der Waals surface area contributed by atoms with E-state index in [1.165, 1.54) is 23.7 Å². The molecular weight excluding hydrogens is 514 g/mol. The summed E-state index contributed by atoms with van der Waals surface area (Å²) >= 11 is 6.17. The highest BCUT2D eigenvalue weighted by molar-refractivity contribution is 6.37. The lowest BCUT2D eigenvalue weighted by Crippen LogP contribution is -2.16. The van der Waals surface area contributed by atoms with E-state index in [0.717, 1.165) is 18.2 Å². The fourth-order valence-corrected chi connectivity index (χ4v) is 3.93. The van der Waals surface area contributed by atoms with Crippen molar-refractivity contribution in [3.8, 4) is 0 Å². The predicted molar refractivity (Wildman–Crippen MR) is 118 cm³/mol. The lowest BCUT2D eigenvalue weighted by Gasteiger charge is -2.10. The number of amides is 1. The number of rotatable bonds is 4. The Bertz CT molecular complexity index is 1490. The second-order valence-electron chi connectivity index (χ2n) is 8.03. The standard InChI is InChI=1S/C22H17ClF6N6O/c1-10-7-15(22(27,28)29)35-19(30-10)16(23)18(33-35)20(36)31-17-11(2)32-34(12(17)3)9-13-5-4-6-14(8-13)21(24,25)26/h4-8H,9H2,1-3H3,(H,31,36). The summed E-state index contributed by atoms with van der Waals surface area (Å²) in [5, 5.41) is 10.2. The molecule has 0 aliphatic carbocycles. The molecule has 0 saturated carbocycles. The Hall–Kier alpha value is -3.61. The fraction of sp³-hybridized carbons (Fsp3) is 0.273. The Labute approximate surface area is 204 Å². The van der Waals surface area contributed by atoms with E-state index in [1.54, 1.807) is 13.8 Å². The number of hydrogen-bond donors (Lipinski definition) is 1. The zero-order valence-corrected chi connectivity index (χ0v) is 19.6. The van der Waals surface area contributed by atoms with E-state index in [-0.39, 0.29) is 28.6 Å².